The van der Waals surface area contributed by atoms with E-state index in [9.17, 15) is 4.79 Å². The smallest absolute Gasteiger partial charge is 0.225 e. The number of hydrogen-bond donors (Lipinski definition) is 1. The number of nitrogens with zero attached hydrogens (tertiary/aromatic N) is 1. The van der Waals surface area contributed by atoms with Gasteiger partial charge in [0.05, 0.1) is 0 Å². The second kappa shape index (κ2) is 9.56. The average molecular weight is 290 g/mol. The third-order valence-corrected chi connectivity index (χ3v) is 4.14. The Balaban J connectivity index is 2.79. The largest absolute Gasteiger partial charge is 0.338 e. The molecule has 1 unspecified atom stereocenters. The van der Waals surface area contributed by atoms with Crippen LogP contribution in [0.25, 0.3) is 0 Å². The highest BCUT2D eigenvalue weighted by molar-refractivity contribution is 5.78. The summed E-state index contributed by atoms with van der Waals surface area (Å²) in [4.78, 5) is 14.7. The maximum Gasteiger partial charge on any atom is 0.225 e. The predicted molar refractivity (Wildman–Crippen MR) is 88.7 cm³/mol. The van der Waals surface area contributed by atoms with Crippen molar-refractivity contribution in [3.05, 3.63) is 35.4 Å². The molecule has 1 rings (SSSR count). The number of benzene rings is 1. The summed E-state index contributed by atoms with van der Waals surface area (Å²) in [6, 6.07) is 8.13. The van der Waals surface area contributed by atoms with Crippen LogP contribution in [-0.2, 0) is 17.9 Å². The van der Waals surface area contributed by atoms with Gasteiger partial charge in [-0.1, -0.05) is 51.0 Å². The SMILES string of the molecule is CCCCC(CC)C(=O)N(CC)Cc1ccccc1CN. The first-order valence-corrected chi connectivity index (χ1v) is 8.23. The van der Waals surface area contributed by atoms with Crippen LogP contribution in [0.5, 0.6) is 0 Å². The van der Waals surface area contributed by atoms with Gasteiger partial charge in [0.1, 0.15) is 0 Å². The molecule has 0 aliphatic rings. The molecule has 0 aliphatic carbocycles. The van der Waals surface area contributed by atoms with E-state index in [2.05, 4.69) is 26.8 Å². The number of carbonyl (C=O) groups excluding carboxylic acids is 1. The van der Waals surface area contributed by atoms with E-state index in [1.54, 1.807) is 0 Å². The maximum atomic E-state index is 12.7. The molecule has 0 aliphatic heterocycles. The quantitative estimate of drug-likeness (QED) is 0.753. The Labute approximate surface area is 129 Å². The molecule has 1 amide bonds. The third kappa shape index (κ3) is 5.16. The molecule has 118 valence electrons. The summed E-state index contributed by atoms with van der Waals surface area (Å²) in [7, 11) is 0. The van der Waals surface area contributed by atoms with E-state index >= 15 is 0 Å². The van der Waals surface area contributed by atoms with Gasteiger partial charge in [-0.2, -0.15) is 0 Å². The molecule has 0 spiro atoms. The molecule has 2 N–H and O–H groups in total. The van der Waals surface area contributed by atoms with Crippen molar-refractivity contribution in [2.75, 3.05) is 6.54 Å². The molecule has 1 aromatic rings. The van der Waals surface area contributed by atoms with E-state index in [0.29, 0.717) is 19.0 Å². The Morgan fingerprint density at radius 2 is 1.86 bits per heavy atom. The molecule has 0 bridgehead atoms. The molecule has 1 aromatic carbocycles. The summed E-state index contributed by atoms with van der Waals surface area (Å²) < 4.78 is 0. The van der Waals surface area contributed by atoms with Gasteiger partial charge in [-0.05, 0) is 30.9 Å². The summed E-state index contributed by atoms with van der Waals surface area (Å²) in [5, 5.41) is 0. The maximum absolute atomic E-state index is 12.7. The van der Waals surface area contributed by atoms with Gasteiger partial charge >= 0.3 is 0 Å². The minimum Gasteiger partial charge on any atom is -0.338 e. The molecule has 0 fully saturated rings. The van der Waals surface area contributed by atoms with Crippen LogP contribution in [0.15, 0.2) is 24.3 Å². The molecular formula is C18H30N2O. The molecule has 0 saturated carbocycles. The summed E-state index contributed by atoms with van der Waals surface area (Å²) in [6.45, 7) is 8.28. The number of rotatable bonds is 9. The van der Waals surface area contributed by atoms with Crippen LogP contribution >= 0.6 is 0 Å². The molecule has 0 heterocycles. The normalized spacial score (nSPS) is 12.2. The zero-order chi connectivity index (χ0) is 15.7. The van der Waals surface area contributed by atoms with E-state index in [1.165, 1.54) is 5.56 Å². The molecular weight excluding hydrogens is 260 g/mol. The van der Waals surface area contributed by atoms with Crippen LogP contribution in [0, 0.1) is 5.92 Å². The summed E-state index contributed by atoms with van der Waals surface area (Å²) in [5.74, 6) is 0.454. The van der Waals surface area contributed by atoms with Crippen LogP contribution in [0.3, 0.4) is 0 Å². The first-order valence-electron chi connectivity index (χ1n) is 8.23. The highest BCUT2D eigenvalue weighted by Crippen LogP contribution is 2.18. The van der Waals surface area contributed by atoms with Gasteiger partial charge in [-0.15, -0.1) is 0 Å². The van der Waals surface area contributed by atoms with E-state index in [0.717, 1.165) is 37.8 Å². The van der Waals surface area contributed by atoms with Crippen molar-refractivity contribution in [1.82, 2.24) is 4.90 Å². The van der Waals surface area contributed by atoms with Crippen molar-refractivity contribution in [1.29, 1.82) is 0 Å². The van der Waals surface area contributed by atoms with Crippen molar-refractivity contribution in [2.45, 2.75) is 59.5 Å². The average Bonchev–Trinajstić information content (AvgIpc) is 2.53. The van der Waals surface area contributed by atoms with Crippen LogP contribution < -0.4 is 5.73 Å². The lowest BCUT2D eigenvalue weighted by Gasteiger charge is -2.26. The van der Waals surface area contributed by atoms with E-state index in [4.69, 9.17) is 5.73 Å². The van der Waals surface area contributed by atoms with Crippen LogP contribution in [0.4, 0.5) is 0 Å². The Bertz CT molecular complexity index is 431. The Morgan fingerprint density at radius 1 is 1.19 bits per heavy atom. The standard InChI is InChI=1S/C18H30N2O/c1-4-7-10-15(5-2)18(21)20(6-3)14-17-12-9-8-11-16(17)13-19/h8-9,11-12,15H,4-7,10,13-14,19H2,1-3H3. The van der Waals surface area contributed by atoms with Crippen molar-refractivity contribution in [3.8, 4) is 0 Å². The molecule has 1 atom stereocenters. The molecule has 0 aromatic heterocycles. The number of hydrogen-bond acceptors (Lipinski definition) is 2. The topological polar surface area (TPSA) is 46.3 Å². The molecule has 0 radical (unpaired) electrons. The fourth-order valence-corrected chi connectivity index (χ4v) is 2.67. The molecule has 3 nitrogen and oxygen atoms in total. The third-order valence-electron chi connectivity index (χ3n) is 4.14. The minimum absolute atomic E-state index is 0.162. The number of nitrogens with two attached hydrogens (primary N) is 1. The van der Waals surface area contributed by atoms with E-state index < -0.39 is 0 Å². The fraction of sp³-hybridized carbons (Fsp3) is 0.611. The summed E-state index contributed by atoms with van der Waals surface area (Å²) >= 11 is 0. The predicted octanol–water partition coefficient (Wildman–Crippen LogP) is 3.71. The van der Waals surface area contributed by atoms with E-state index in [-0.39, 0.29) is 5.92 Å². The second-order valence-corrected chi connectivity index (χ2v) is 5.57. The Hall–Kier alpha value is -1.35. The molecule has 0 saturated heterocycles. The van der Waals surface area contributed by atoms with Crippen molar-refractivity contribution in [3.63, 3.8) is 0 Å². The Kier molecular flexibility index (Phi) is 8.06. The molecule has 21 heavy (non-hydrogen) atoms. The van der Waals surface area contributed by atoms with Crippen molar-refractivity contribution in [2.24, 2.45) is 11.7 Å². The summed E-state index contributed by atoms with van der Waals surface area (Å²) in [6.07, 6.45) is 4.20. The van der Waals surface area contributed by atoms with Gasteiger partial charge in [0, 0.05) is 25.6 Å². The first-order chi connectivity index (χ1) is 10.2. The van der Waals surface area contributed by atoms with Gasteiger partial charge in [-0.25, -0.2) is 0 Å². The number of carbonyl (C=O) groups is 1. The second-order valence-electron chi connectivity index (χ2n) is 5.57. The fourth-order valence-electron chi connectivity index (χ4n) is 2.67. The zero-order valence-corrected chi connectivity index (χ0v) is 13.8. The minimum atomic E-state index is 0.162. The molecule has 3 heteroatoms. The first kappa shape index (κ1) is 17.7. The van der Waals surface area contributed by atoms with Gasteiger partial charge in [0.15, 0.2) is 0 Å². The van der Waals surface area contributed by atoms with Crippen LogP contribution in [0.2, 0.25) is 0 Å². The van der Waals surface area contributed by atoms with Gasteiger partial charge in [0.25, 0.3) is 0 Å². The lowest BCUT2D eigenvalue weighted by Crippen LogP contribution is -2.35. The van der Waals surface area contributed by atoms with Gasteiger partial charge in [-0.3, -0.25) is 4.79 Å². The monoisotopic (exact) mass is 290 g/mol. The summed E-state index contributed by atoms with van der Waals surface area (Å²) in [5.41, 5.74) is 8.09. The van der Waals surface area contributed by atoms with Gasteiger partial charge < -0.3 is 10.6 Å². The lowest BCUT2D eigenvalue weighted by molar-refractivity contribution is -0.136. The zero-order valence-electron chi connectivity index (χ0n) is 13.8. The number of unbranched alkanes of at least 4 members (excludes halogenated alkanes) is 1. The van der Waals surface area contributed by atoms with Gasteiger partial charge in [0.2, 0.25) is 5.91 Å². The van der Waals surface area contributed by atoms with Crippen molar-refractivity contribution < 1.29 is 4.79 Å². The van der Waals surface area contributed by atoms with E-state index in [1.807, 2.05) is 23.1 Å². The highest BCUT2D eigenvalue weighted by atomic mass is 16.2. The Morgan fingerprint density at radius 3 is 2.38 bits per heavy atom. The van der Waals surface area contributed by atoms with Crippen molar-refractivity contribution >= 4 is 5.91 Å². The number of amides is 1. The highest BCUT2D eigenvalue weighted by Gasteiger charge is 2.22. The van der Waals surface area contributed by atoms with Crippen LogP contribution in [0.1, 0.15) is 57.6 Å². The van der Waals surface area contributed by atoms with Crippen LogP contribution in [-0.4, -0.2) is 17.4 Å². The lowest BCUT2D eigenvalue weighted by atomic mass is 9.97.